The summed E-state index contributed by atoms with van der Waals surface area (Å²) < 4.78 is 20.5. The van der Waals surface area contributed by atoms with Crippen LogP contribution in [0.15, 0.2) is 39.0 Å². The second-order valence-corrected chi connectivity index (χ2v) is 10.1. The molecule has 3 aliphatic heterocycles. The Balaban J connectivity index is 1.20. The summed E-state index contributed by atoms with van der Waals surface area (Å²) >= 11 is 0. The lowest BCUT2D eigenvalue weighted by molar-refractivity contribution is 0.191. The van der Waals surface area contributed by atoms with Gasteiger partial charge < -0.3 is 19.9 Å². The number of piperazine rings is 1. The Morgan fingerprint density at radius 1 is 1.14 bits per heavy atom. The van der Waals surface area contributed by atoms with Crippen molar-refractivity contribution in [1.82, 2.24) is 25.3 Å². The number of halogens is 1. The van der Waals surface area contributed by atoms with Crippen LogP contribution in [0.5, 0.6) is 5.75 Å². The van der Waals surface area contributed by atoms with Crippen molar-refractivity contribution in [3.8, 4) is 5.75 Å². The van der Waals surface area contributed by atoms with Gasteiger partial charge in [0.25, 0.3) is 0 Å². The van der Waals surface area contributed by atoms with E-state index >= 15 is 0 Å². The molecule has 2 atom stereocenters. The summed E-state index contributed by atoms with van der Waals surface area (Å²) in [5.41, 5.74) is 2.17. The molecule has 1 aromatic carbocycles. The Morgan fingerprint density at radius 2 is 1.91 bits per heavy atom. The number of aromatic amines is 1. The number of aromatic nitrogens is 2. The highest BCUT2D eigenvalue weighted by atomic mass is 19.1. The summed E-state index contributed by atoms with van der Waals surface area (Å²) in [6.07, 6.45) is 5.72. The molecule has 1 saturated heterocycles. The van der Waals surface area contributed by atoms with Crippen LogP contribution in [0.2, 0.25) is 0 Å². The topological polar surface area (TPSA) is 93.5 Å². The van der Waals surface area contributed by atoms with Crippen LogP contribution in [0.3, 0.4) is 0 Å². The quantitative estimate of drug-likeness (QED) is 0.705. The molecule has 0 spiro atoms. The first-order valence-electron chi connectivity index (χ1n) is 12.3. The van der Waals surface area contributed by atoms with Gasteiger partial charge in [-0.25, -0.2) is 4.39 Å². The van der Waals surface area contributed by atoms with Crippen molar-refractivity contribution in [1.29, 1.82) is 0 Å². The number of fused-ring (bicyclic) bond motifs is 1. The van der Waals surface area contributed by atoms with Crippen LogP contribution in [0.4, 0.5) is 4.39 Å². The summed E-state index contributed by atoms with van der Waals surface area (Å²) in [6, 6.07) is 3.18. The summed E-state index contributed by atoms with van der Waals surface area (Å²) in [6.45, 7) is 10.4. The predicted molar refractivity (Wildman–Crippen MR) is 135 cm³/mol. The summed E-state index contributed by atoms with van der Waals surface area (Å²) in [7, 11) is 0. The number of rotatable bonds is 4. The molecule has 35 heavy (non-hydrogen) atoms. The standard InChI is InChI=1S/C25H31FN8O/c1-15-13-27-16(2)24(30-15)34-8-6-33(7-9-34)22-12-20(28-14-29-22)23-17-10-21(35-25(3)4-5-25)18(26)11-19(17)31-32-23/h10-12,14-15,20H,4-9,13H2,1-3H3,(H,28,29)(H,31,32). The van der Waals surface area contributed by atoms with E-state index in [2.05, 4.69) is 48.3 Å². The zero-order chi connectivity index (χ0) is 24.2. The molecule has 6 rings (SSSR count). The second kappa shape index (κ2) is 8.35. The Bertz CT molecular complexity index is 1270. The van der Waals surface area contributed by atoms with Crippen molar-refractivity contribution < 1.29 is 9.13 Å². The molecule has 1 aromatic heterocycles. The fourth-order valence-electron chi connectivity index (χ4n) is 4.81. The molecule has 2 aromatic rings. The second-order valence-electron chi connectivity index (χ2n) is 10.1. The number of hydrogen-bond donors (Lipinski definition) is 2. The van der Waals surface area contributed by atoms with Gasteiger partial charge in [0.15, 0.2) is 11.6 Å². The molecular weight excluding hydrogens is 447 g/mol. The van der Waals surface area contributed by atoms with Gasteiger partial charge >= 0.3 is 0 Å². The van der Waals surface area contributed by atoms with Gasteiger partial charge in [0.1, 0.15) is 23.3 Å². The van der Waals surface area contributed by atoms with Crippen molar-refractivity contribution in [3.05, 3.63) is 35.5 Å². The monoisotopic (exact) mass is 478 g/mol. The van der Waals surface area contributed by atoms with Gasteiger partial charge in [-0.3, -0.25) is 20.1 Å². The zero-order valence-electron chi connectivity index (χ0n) is 20.4. The maximum Gasteiger partial charge on any atom is 0.167 e. The van der Waals surface area contributed by atoms with Gasteiger partial charge in [0.05, 0.1) is 35.8 Å². The van der Waals surface area contributed by atoms with Gasteiger partial charge in [-0.15, -0.1) is 0 Å². The van der Waals surface area contributed by atoms with Crippen LogP contribution in [0.25, 0.3) is 10.9 Å². The molecule has 4 heterocycles. The molecular formula is C25H31FN8O. The average molecular weight is 479 g/mol. The number of aliphatic imine (C=N–C) groups is 3. The van der Waals surface area contributed by atoms with E-state index in [1.54, 1.807) is 12.4 Å². The molecule has 184 valence electrons. The van der Waals surface area contributed by atoms with Crippen LogP contribution in [0, 0.1) is 5.82 Å². The normalized spacial score (nSPS) is 25.7. The zero-order valence-corrected chi connectivity index (χ0v) is 20.4. The van der Waals surface area contributed by atoms with Crippen LogP contribution < -0.4 is 10.1 Å². The predicted octanol–water partition coefficient (Wildman–Crippen LogP) is 3.03. The minimum atomic E-state index is -0.385. The molecule has 0 amide bonds. The third-order valence-electron chi connectivity index (χ3n) is 7.19. The minimum Gasteiger partial charge on any atom is -0.484 e. The minimum absolute atomic E-state index is 0.238. The van der Waals surface area contributed by atoms with Crippen LogP contribution in [-0.4, -0.2) is 82.2 Å². The number of H-pyrrole nitrogens is 1. The SMILES string of the molecule is CC1=NCC(C)N=C1N1CCN(C2=CC(c3[nH]nc4cc(F)c(OC5(C)CC5)cc34)N=CN2)CC1. The molecule has 2 N–H and O–H groups in total. The number of amidine groups is 1. The van der Waals surface area contributed by atoms with E-state index in [9.17, 15) is 4.39 Å². The van der Waals surface area contributed by atoms with Gasteiger partial charge in [0, 0.05) is 37.6 Å². The molecule has 10 heteroatoms. The average Bonchev–Trinajstić information content (AvgIpc) is 3.45. The van der Waals surface area contributed by atoms with E-state index in [1.807, 2.05) is 13.8 Å². The van der Waals surface area contributed by atoms with Gasteiger partial charge in [-0.05, 0) is 45.8 Å². The molecule has 1 saturated carbocycles. The molecule has 2 fully saturated rings. The Labute approximate surface area is 203 Å². The number of benzene rings is 1. The van der Waals surface area contributed by atoms with E-state index in [4.69, 9.17) is 9.73 Å². The number of ether oxygens (including phenoxy) is 1. The van der Waals surface area contributed by atoms with Crippen molar-refractivity contribution in [2.24, 2.45) is 15.0 Å². The highest BCUT2D eigenvalue weighted by Crippen LogP contribution is 2.41. The van der Waals surface area contributed by atoms with E-state index in [-0.39, 0.29) is 29.3 Å². The van der Waals surface area contributed by atoms with Crippen LogP contribution in [-0.2, 0) is 0 Å². The number of hydrogen-bond acceptors (Lipinski definition) is 8. The van der Waals surface area contributed by atoms with E-state index in [0.29, 0.717) is 5.52 Å². The molecule has 2 unspecified atom stereocenters. The Kier molecular flexibility index (Phi) is 5.26. The first-order chi connectivity index (χ1) is 16.9. The van der Waals surface area contributed by atoms with E-state index in [0.717, 1.165) is 74.0 Å². The van der Waals surface area contributed by atoms with Crippen molar-refractivity contribution in [3.63, 3.8) is 0 Å². The van der Waals surface area contributed by atoms with Crippen LogP contribution in [0.1, 0.15) is 45.3 Å². The maximum absolute atomic E-state index is 14.6. The van der Waals surface area contributed by atoms with Crippen molar-refractivity contribution >= 4 is 28.8 Å². The first-order valence-corrected chi connectivity index (χ1v) is 12.3. The van der Waals surface area contributed by atoms with E-state index in [1.165, 1.54) is 6.07 Å². The van der Waals surface area contributed by atoms with Gasteiger partial charge in [0.2, 0.25) is 0 Å². The van der Waals surface area contributed by atoms with Crippen LogP contribution >= 0.6 is 0 Å². The fraction of sp³-hybridized carbons (Fsp3) is 0.520. The molecule has 0 bridgehead atoms. The van der Waals surface area contributed by atoms with Gasteiger partial charge in [-0.2, -0.15) is 5.10 Å². The smallest absolute Gasteiger partial charge is 0.167 e. The fourth-order valence-corrected chi connectivity index (χ4v) is 4.81. The highest BCUT2D eigenvalue weighted by molar-refractivity contribution is 6.40. The van der Waals surface area contributed by atoms with Gasteiger partial charge in [-0.1, -0.05) is 0 Å². The summed E-state index contributed by atoms with van der Waals surface area (Å²) in [4.78, 5) is 18.7. The summed E-state index contributed by atoms with van der Waals surface area (Å²) in [5.74, 6) is 1.93. The Hall–Kier alpha value is -3.43. The molecule has 4 aliphatic rings. The lowest BCUT2D eigenvalue weighted by Crippen LogP contribution is -2.52. The number of nitrogens with zero attached hydrogens (tertiary/aromatic N) is 6. The molecule has 0 radical (unpaired) electrons. The molecule has 9 nitrogen and oxygen atoms in total. The molecule has 1 aliphatic carbocycles. The largest absolute Gasteiger partial charge is 0.484 e. The maximum atomic E-state index is 14.6. The Morgan fingerprint density at radius 3 is 2.69 bits per heavy atom. The van der Waals surface area contributed by atoms with Crippen molar-refractivity contribution in [2.45, 2.75) is 51.3 Å². The van der Waals surface area contributed by atoms with E-state index < -0.39 is 0 Å². The third-order valence-corrected chi connectivity index (χ3v) is 7.19. The highest BCUT2D eigenvalue weighted by Gasteiger charge is 2.40. The first kappa shape index (κ1) is 22.1. The lowest BCUT2D eigenvalue weighted by Gasteiger charge is -2.40. The number of nitrogens with one attached hydrogen (secondary N) is 2. The lowest BCUT2D eigenvalue weighted by atomic mass is 10.1. The third kappa shape index (κ3) is 4.26. The summed E-state index contributed by atoms with van der Waals surface area (Å²) in [5, 5.41) is 11.5. The van der Waals surface area contributed by atoms with Crippen molar-refractivity contribution in [2.75, 3.05) is 32.7 Å².